The van der Waals surface area contributed by atoms with E-state index in [1.165, 1.54) is 5.56 Å². The van der Waals surface area contributed by atoms with Gasteiger partial charge in [0.2, 0.25) is 0 Å². The summed E-state index contributed by atoms with van der Waals surface area (Å²) in [5, 5.41) is 9.17. The maximum Gasteiger partial charge on any atom is 0.123 e. The van der Waals surface area contributed by atoms with Crippen molar-refractivity contribution in [2.75, 3.05) is 0 Å². The van der Waals surface area contributed by atoms with Crippen molar-refractivity contribution >= 4 is 0 Å². The minimum atomic E-state index is 0.0700. The Bertz CT molecular complexity index is 520. The highest BCUT2D eigenvalue weighted by molar-refractivity contribution is 5.35. The first-order valence-electron chi connectivity index (χ1n) is 6.66. The highest BCUT2D eigenvalue weighted by Crippen LogP contribution is 2.26. The molecule has 2 nitrogen and oxygen atoms in total. The Morgan fingerprint density at radius 3 is 2.42 bits per heavy atom. The Morgan fingerprint density at radius 1 is 1.11 bits per heavy atom. The van der Waals surface area contributed by atoms with Crippen LogP contribution in [-0.4, -0.2) is 5.11 Å². The van der Waals surface area contributed by atoms with Gasteiger partial charge in [-0.1, -0.05) is 43.3 Å². The van der Waals surface area contributed by atoms with E-state index in [1.54, 1.807) is 0 Å². The Morgan fingerprint density at radius 2 is 1.84 bits per heavy atom. The summed E-state index contributed by atoms with van der Waals surface area (Å²) in [6, 6.07) is 16.1. The topological polar surface area (TPSA) is 29.5 Å². The van der Waals surface area contributed by atoms with Crippen molar-refractivity contribution < 1.29 is 9.84 Å². The average Bonchev–Trinajstić information content (AvgIpc) is 2.46. The lowest BCUT2D eigenvalue weighted by Crippen LogP contribution is -2.06. The van der Waals surface area contributed by atoms with Crippen LogP contribution in [0.3, 0.4) is 0 Å². The molecular formula is C17H20O2. The van der Waals surface area contributed by atoms with E-state index < -0.39 is 0 Å². The van der Waals surface area contributed by atoms with Gasteiger partial charge in [0.05, 0.1) is 6.61 Å². The van der Waals surface area contributed by atoms with Crippen LogP contribution in [0.5, 0.6) is 5.75 Å². The highest BCUT2D eigenvalue weighted by atomic mass is 16.5. The number of aliphatic hydroxyl groups is 1. The van der Waals surface area contributed by atoms with E-state index in [9.17, 15) is 5.11 Å². The van der Waals surface area contributed by atoms with Crippen LogP contribution in [0.2, 0.25) is 0 Å². The van der Waals surface area contributed by atoms with Gasteiger partial charge in [0.25, 0.3) is 0 Å². The van der Waals surface area contributed by atoms with Crippen LogP contribution in [-0.2, 0) is 6.61 Å². The molecule has 2 aromatic carbocycles. The van der Waals surface area contributed by atoms with Gasteiger partial charge in [-0.25, -0.2) is 0 Å². The van der Waals surface area contributed by atoms with Crippen LogP contribution >= 0.6 is 0 Å². The molecule has 0 aliphatic heterocycles. The van der Waals surface area contributed by atoms with Crippen molar-refractivity contribution in [2.24, 2.45) is 0 Å². The summed E-state index contributed by atoms with van der Waals surface area (Å²) in [7, 11) is 0. The molecule has 0 heterocycles. The molecule has 0 spiro atoms. The van der Waals surface area contributed by atoms with Gasteiger partial charge < -0.3 is 9.84 Å². The first-order valence-corrected chi connectivity index (χ1v) is 6.66. The fourth-order valence-electron chi connectivity index (χ4n) is 2.14. The second-order valence-electron chi connectivity index (χ2n) is 4.67. The SMILES string of the molecule is CC[C@H](Oc1ccc(CO)c(C)c1)c1ccccc1. The van der Waals surface area contributed by atoms with E-state index in [1.807, 2.05) is 43.3 Å². The van der Waals surface area contributed by atoms with Gasteiger partial charge in [-0.15, -0.1) is 0 Å². The zero-order valence-electron chi connectivity index (χ0n) is 11.5. The van der Waals surface area contributed by atoms with Crippen molar-refractivity contribution in [2.45, 2.75) is 33.0 Å². The van der Waals surface area contributed by atoms with Crippen LogP contribution in [0.1, 0.15) is 36.1 Å². The van der Waals surface area contributed by atoms with Crippen molar-refractivity contribution in [3.05, 3.63) is 65.2 Å². The Labute approximate surface area is 114 Å². The molecule has 0 aliphatic rings. The molecule has 2 rings (SSSR count). The summed E-state index contributed by atoms with van der Waals surface area (Å²) < 4.78 is 6.05. The normalized spacial score (nSPS) is 12.2. The van der Waals surface area contributed by atoms with Gasteiger partial charge >= 0.3 is 0 Å². The molecule has 0 fully saturated rings. The number of hydrogen-bond donors (Lipinski definition) is 1. The lowest BCUT2D eigenvalue weighted by molar-refractivity contribution is 0.201. The fourth-order valence-corrected chi connectivity index (χ4v) is 2.14. The maximum absolute atomic E-state index is 9.17. The Kier molecular flexibility index (Phi) is 4.58. The van der Waals surface area contributed by atoms with Gasteiger partial charge in [-0.2, -0.15) is 0 Å². The van der Waals surface area contributed by atoms with Crippen molar-refractivity contribution in [3.8, 4) is 5.75 Å². The van der Waals surface area contributed by atoms with E-state index in [0.717, 1.165) is 23.3 Å². The summed E-state index contributed by atoms with van der Waals surface area (Å²) in [5.41, 5.74) is 3.19. The van der Waals surface area contributed by atoms with Crippen LogP contribution in [0.25, 0.3) is 0 Å². The van der Waals surface area contributed by atoms with E-state index in [2.05, 4.69) is 19.1 Å². The fraction of sp³-hybridized carbons (Fsp3) is 0.294. The molecule has 1 atom stereocenters. The van der Waals surface area contributed by atoms with Crippen molar-refractivity contribution in [1.29, 1.82) is 0 Å². The minimum Gasteiger partial charge on any atom is -0.486 e. The number of aryl methyl sites for hydroxylation is 1. The van der Waals surface area contributed by atoms with Gasteiger partial charge in [0.15, 0.2) is 0 Å². The first-order chi connectivity index (χ1) is 9.24. The molecule has 0 aromatic heterocycles. The molecule has 0 amide bonds. The third kappa shape index (κ3) is 3.36. The molecule has 0 aliphatic carbocycles. The quantitative estimate of drug-likeness (QED) is 0.875. The predicted molar refractivity (Wildman–Crippen MR) is 77.2 cm³/mol. The zero-order chi connectivity index (χ0) is 13.7. The Balaban J connectivity index is 2.17. The standard InChI is InChI=1S/C17H20O2/c1-3-17(14-7-5-4-6-8-14)19-16-10-9-15(12-18)13(2)11-16/h4-11,17-18H,3,12H2,1-2H3/t17-/m0/s1. The first kappa shape index (κ1) is 13.6. The van der Waals surface area contributed by atoms with Crippen molar-refractivity contribution in [3.63, 3.8) is 0 Å². The van der Waals surface area contributed by atoms with Gasteiger partial charge in [-0.3, -0.25) is 0 Å². The van der Waals surface area contributed by atoms with Crippen LogP contribution in [0.15, 0.2) is 48.5 Å². The molecule has 0 unspecified atom stereocenters. The largest absolute Gasteiger partial charge is 0.486 e. The molecule has 19 heavy (non-hydrogen) atoms. The molecule has 0 saturated heterocycles. The highest BCUT2D eigenvalue weighted by Gasteiger charge is 2.11. The maximum atomic E-state index is 9.17. The second-order valence-corrected chi connectivity index (χ2v) is 4.67. The molecule has 2 aromatic rings. The molecule has 100 valence electrons. The smallest absolute Gasteiger partial charge is 0.123 e. The van der Waals surface area contributed by atoms with E-state index >= 15 is 0 Å². The molecule has 2 heteroatoms. The van der Waals surface area contributed by atoms with Crippen molar-refractivity contribution in [1.82, 2.24) is 0 Å². The second kappa shape index (κ2) is 6.39. The van der Waals surface area contributed by atoms with E-state index in [-0.39, 0.29) is 12.7 Å². The van der Waals surface area contributed by atoms with Gasteiger partial charge in [-0.05, 0) is 42.2 Å². The monoisotopic (exact) mass is 256 g/mol. The lowest BCUT2D eigenvalue weighted by atomic mass is 10.1. The Hall–Kier alpha value is -1.80. The van der Waals surface area contributed by atoms with Crippen LogP contribution in [0, 0.1) is 6.92 Å². The van der Waals surface area contributed by atoms with Gasteiger partial charge in [0.1, 0.15) is 11.9 Å². The van der Waals surface area contributed by atoms with Gasteiger partial charge in [0, 0.05) is 0 Å². The summed E-state index contributed by atoms with van der Waals surface area (Å²) in [5.74, 6) is 0.852. The minimum absolute atomic E-state index is 0.0700. The zero-order valence-corrected chi connectivity index (χ0v) is 11.5. The number of benzene rings is 2. The molecule has 0 radical (unpaired) electrons. The van der Waals surface area contributed by atoms with Crippen LogP contribution < -0.4 is 4.74 Å². The molecule has 0 saturated carbocycles. The summed E-state index contributed by atoms with van der Waals surface area (Å²) >= 11 is 0. The third-order valence-corrected chi connectivity index (χ3v) is 3.30. The van der Waals surface area contributed by atoms with E-state index in [4.69, 9.17) is 4.74 Å². The molecule has 1 N–H and O–H groups in total. The summed E-state index contributed by atoms with van der Waals surface area (Å²) in [4.78, 5) is 0. The number of rotatable bonds is 5. The predicted octanol–water partition coefficient (Wildman–Crippen LogP) is 4.02. The van der Waals surface area contributed by atoms with Crippen LogP contribution in [0.4, 0.5) is 0 Å². The number of aliphatic hydroxyl groups excluding tert-OH is 1. The van der Waals surface area contributed by atoms with E-state index in [0.29, 0.717) is 0 Å². The third-order valence-electron chi connectivity index (χ3n) is 3.30. The summed E-state index contributed by atoms with van der Waals surface area (Å²) in [6.45, 7) is 4.18. The average molecular weight is 256 g/mol. The summed E-state index contributed by atoms with van der Waals surface area (Å²) in [6.07, 6.45) is 0.991. The lowest BCUT2D eigenvalue weighted by Gasteiger charge is -2.18. The number of ether oxygens (including phenoxy) is 1. The molecular weight excluding hydrogens is 236 g/mol. The number of hydrogen-bond acceptors (Lipinski definition) is 2. The molecule has 0 bridgehead atoms.